The molecule has 0 aliphatic heterocycles. The van der Waals surface area contributed by atoms with Gasteiger partial charge in [-0.15, -0.1) is 0 Å². The first-order chi connectivity index (χ1) is 8.36. The minimum Gasteiger partial charge on any atom is -0.377 e. The van der Waals surface area contributed by atoms with Crippen LogP contribution >= 0.6 is 0 Å². The number of nitrogens with one attached hydrogen (secondary N) is 1. The summed E-state index contributed by atoms with van der Waals surface area (Å²) in [6.45, 7) is 10.8. The average molecular weight is 242 g/mol. The molecule has 3 nitrogen and oxygen atoms in total. The molecule has 0 aromatic rings. The second-order valence-corrected chi connectivity index (χ2v) is 4.91. The molecule has 0 amide bonds. The first kappa shape index (κ1) is 14.9. The van der Waals surface area contributed by atoms with Crippen molar-refractivity contribution in [2.45, 2.75) is 52.1 Å². The van der Waals surface area contributed by atoms with Crippen LogP contribution in [0.25, 0.3) is 0 Å². The van der Waals surface area contributed by atoms with Crippen molar-refractivity contribution in [1.82, 2.24) is 10.2 Å². The molecule has 0 aromatic carbocycles. The number of hydrogen-bond acceptors (Lipinski definition) is 3. The first-order valence-corrected chi connectivity index (χ1v) is 7.41. The zero-order valence-corrected chi connectivity index (χ0v) is 11.7. The maximum absolute atomic E-state index is 5.87. The van der Waals surface area contributed by atoms with E-state index < -0.39 is 0 Å². The summed E-state index contributed by atoms with van der Waals surface area (Å²) < 4.78 is 5.87. The van der Waals surface area contributed by atoms with Crippen molar-refractivity contribution in [3.63, 3.8) is 0 Å². The summed E-state index contributed by atoms with van der Waals surface area (Å²) in [6.07, 6.45) is 7.23. The Morgan fingerprint density at radius 3 is 2.41 bits per heavy atom. The van der Waals surface area contributed by atoms with Crippen LogP contribution in [0.3, 0.4) is 0 Å². The summed E-state index contributed by atoms with van der Waals surface area (Å²) >= 11 is 0. The van der Waals surface area contributed by atoms with Gasteiger partial charge >= 0.3 is 0 Å². The molecule has 1 aliphatic rings. The van der Waals surface area contributed by atoms with Gasteiger partial charge in [-0.05, 0) is 25.9 Å². The van der Waals surface area contributed by atoms with Crippen LogP contribution < -0.4 is 5.32 Å². The van der Waals surface area contributed by atoms with E-state index in [0.717, 1.165) is 39.3 Å². The number of rotatable bonds is 9. The largest absolute Gasteiger partial charge is 0.377 e. The van der Waals surface area contributed by atoms with Crippen molar-refractivity contribution in [1.29, 1.82) is 0 Å². The SMILES string of the molecule is CCN(CC)CCNCCOC1CCCCC1. The molecular formula is C14H30N2O. The van der Waals surface area contributed by atoms with Gasteiger partial charge in [-0.25, -0.2) is 0 Å². The molecule has 0 unspecified atom stereocenters. The average Bonchev–Trinajstić information content (AvgIpc) is 2.39. The van der Waals surface area contributed by atoms with E-state index >= 15 is 0 Å². The molecule has 0 aromatic heterocycles. The quantitative estimate of drug-likeness (QED) is 0.628. The molecule has 1 N–H and O–H groups in total. The Morgan fingerprint density at radius 2 is 1.76 bits per heavy atom. The molecule has 0 spiro atoms. The third-order valence-corrected chi connectivity index (χ3v) is 3.68. The summed E-state index contributed by atoms with van der Waals surface area (Å²) in [6, 6.07) is 0. The predicted molar refractivity (Wildman–Crippen MR) is 73.5 cm³/mol. The molecule has 1 fully saturated rings. The third kappa shape index (κ3) is 7.02. The molecule has 0 radical (unpaired) electrons. The molecule has 3 heteroatoms. The molecule has 1 saturated carbocycles. The highest BCUT2D eigenvalue weighted by Crippen LogP contribution is 2.19. The van der Waals surface area contributed by atoms with Crippen LogP contribution in [0.2, 0.25) is 0 Å². The number of ether oxygens (including phenoxy) is 1. The van der Waals surface area contributed by atoms with Gasteiger partial charge in [0.25, 0.3) is 0 Å². The van der Waals surface area contributed by atoms with E-state index in [1.807, 2.05) is 0 Å². The van der Waals surface area contributed by atoms with Crippen molar-refractivity contribution in [3.8, 4) is 0 Å². The zero-order valence-electron chi connectivity index (χ0n) is 11.7. The van der Waals surface area contributed by atoms with Gasteiger partial charge in [0.2, 0.25) is 0 Å². The van der Waals surface area contributed by atoms with Gasteiger partial charge in [0.15, 0.2) is 0 Å². The lowest BCUT2D eigenvalue weighted by Gasteiger charge is -2.22. The van der Waals surface area contributed by atoms with E-state index in [1.165, 1.54) is 32.1 Å². The monoisotopic (exact) mass is 242 g/mol. The summed E-state index contributed by atoms with van der Waals surface area (Å²) in [7, 11) is 0. The van der Waals surface area contributed by atoms with Gasteiger partial charge in [-0.2, -0.15) is 0 Å². The summed E-state index contributed by atoms with van der Waals surface area (Å²) in [5.41, 5.74) is 0. The lowest BCUT2D eigenvalue weighted by Crippen LogP contribution is -2.33. The highest BCUT2D eigenvalue weighted by Gasteiger charge is 2.12. The molecule has 1 rings (SSSR count). The van der Waals surface area contributed by atoms with Crippen molar-refractivity contribution in [3.05, 3.63) is 0 Å². The fraction of sp³-hybridized carbons (Fsp3) is 1.00. The Labute approximate surface area is 107 Å². The molecule has 102 valence electrons. The van der Waals surface area contributed by atoms with Gasteiger partial charge in [0, 0.05) is 19.6 Å². The highest BCUT2D eigenvalue weighted by molar-refractivity contribution is 4.65. The maximum atomic E-state index is 5.87. The molecule has 0 heterocycles. The van der Waals surface area contributed by atoms with Crippen molar-refractivity contribution in [2.75, 3.05) is 39.3 Å². The van der Waals surface area contributed by atoms with Crippen LogP contribution in [0.4, 0.5) is 0 Å². The second kappa shape index (κ2) is 9.86. The van der Waals surface area contributed by atoms with E-state index in [4.69, 9.17) is 4.74 Å². The molecule has 0 bridgehead atoms. The maximum Gasteiger partial charge on any atom is 0.0594 e. The zero-order chi connectivity index (χ0) is 12.3. The highest BCUT2D eigenvalue weighted by atomic mass is 16.5. The molecule has 0 atom stereocenters. The van der Waals surface area contributed by atoms with Crippen LogP contribution in [0.1, 0.15) is 46.0 Å². The van der Waals surface area contributed by atoms with E-state index in [-0.39, 0.29) is 0 Å². The van der Waals surface area contributed by atoms with E-state index in [1.54, 1.807) is 0 Å². The number of nitrogens with zero attached hydrogens (tertiary/aromatic N) is 1. The van der Waals surface area contributed by atoms with Crippen molar-refractivity contribution in [2.24, 2.45) is 0 Å². The van der Waals surface area contributed by atoms with E-state index in [9.17, 15) is 0 Å². The fourth-order valence-corrected chi connectivity index (χ4v) is 2.43. The minimum atomic E-state index is 0.549. The number of hydrogen-bond donors (Lipinski definition) is 1. The van der Waals surface area contributed by atoms with Crippen LogP contribution in [0.15, 0.2) is 0 Å². The van der Waals surface area contributed by atoms with Crippen molar-refractivity contribution < 1.29 is 4.74 Å². The molecule has 17 heavy (non-hydrogen) atoms. The van der Waals surface area contributed by atoms with Gasteiger partial charge in [-0.1, -0.05) is 33.1 Å². The Balaban J connectivity index is 1.86. The minimum absolute atomic E-state index is 0.549. The van der Waals surface area contributed by atoms with Crippen molar-refractivity contribution >= 4 is 0 Å². The smallest absolute Gasteiger partial charge is 0.0594 e. The van der Waals surface area contributed by atoms with Crippen LogP contribution in [0, 0.1) is 0 Å². The second-order valence-electron chi connectivity index (χ2n) is 4.91. The third-order valence-electron chi connectivity index (χ3n) is 3.68. The standard InChI is InChI=1S/C14H30N2O/c1-3-16(4-2)12-10-15-11-13-17-14-8-6-5-7-9-14/h14-15H,3-13H2,1-2H3. The van der Waals surface area contributed by atoms with Crippen LogP contribution in [-0.2, 0) is 4.74 Å². The van der Waals surface area contributed by atoms with Gasteiger partial charge in [-0.3, -0.25) is 0 Å². The molecule has 1 aliphatic carbocycles. The normalized spacial score (nSPS) is 17.8. The lowest BCUT2D eigenvalue weighted by atomic mass is 9.98. The van der Waals surface area contributed by atoms with Crippen LogP contribution in [-0.4, -0.2) is 50.3 Å². The lowest BCUT2D eigenvalue weighted by molar-refractivity contribution is 0.0302. The van der Waals surface area contributed by atoms with Gasteiger partial charge < -0.3 is 15.0 Å². The van der Waals surface area contributed by atoms with Gasteiger partial charge in [0.05, 0.1) is 12.7 Å². The number of likely N-dealkylation sites (N-methyl/N-ethyl adjacent to an activating group) is 1. The topological polar surface area (TPSA) is 24.5 Å². The molecule has 0 saturated heterocycles. The Morgan fingerprint density at radius 1 is 1.06 bits per heavy atom. The molecular weight excluding hydrogens is 212 g/mol. The summed E-state index contributed by atoms with van der Waals surface area (Å²) in [5, 5.41) is 3.46. The summed E-state index contributed by atoms with van der Waals surface area (Å²) in [4.78, 5) is 2.44. The fourth-order valence-electron chi connectivity index (χ4n) is 2.43. The Bertz CT molecular complexity index is 166. The summed E-state index contributed by atoms with van der Waals surface area (Å²) in [5.74, 6) is 0. The van der Waals surface area contributed by atoms with E-state index in [2.05, 4.69) is 24.1 Å². The van der Waals surface area contributed by atoms with Crippen LogP contribution in [0.5, 0.6) is 0 Å². The first-order valence-electron chi connectivity index (χ1n) is 7.41. The Hall–Kier alpha value is -0.120. The predicted octanol–water partition coefficient (Wildman–Crippen LogP) is 2.27. The van der Waals surface area contributed by atoms with E-state index in [0.29, 0.717) is 6.10 Å². The van der Waals surface area contributed by atoms with Gasteiger partial charge in [0.1, 0.15) is 0 Å². The Kier molecular flexibility index (Phi) is 8.67.